The minimum absolute atomic E-state index is 0. The van der Waals surface area contributed by atoms with Crippen molar-refractivity contribution in [3.05, 3.63) is 11.3 Å². The Balaban J connectivity index is 0.000001000. The van der Waals surface area contributed by atoms with Crippen LogP contribution in [-0.2, 0) is 13.5 Å². The highest BCUT2D eigenvalue weighted by molar-refractivity contribution is 5.42. The van der Waals surface area contributed by atoms with Gasteiger partial charge in [0.15, 0.2) is 0 Å². The van der Waals surface area contributed by atoms with E-state index in [1.54, 1.807) is 4.68 Å². The van der Waals surface area contributed by atoms with E-state index >= 15 is 0 Å². The minimum Gasteiger partial charge on any atom is -0.412 e. The van der Waals surface area contributed by atoms with Gasteiger partial charge in [0.25, 0.3) is 0 Å². The summed E-state index contributed by atoms with van der Waals surface area (Å²) in [5.74, 6) is 0.792. The molecule has 1 aromatic heterocycles. The molecule has 0 atom stereocenters. The lowest BCUT2D eigenvalue weighted by Crippen LogP contribution is -1.98. The standard InChI is InChI=1S/C7H13N3.H2O/c1-4-6-5(2)9-10(3)7(6)8;/h4,8H2,1-3H3;1H2. The van der Waals surface area contributed by atoms with E-state index in [1.165, 1.54) is 5.56 Å². The van der Waals surface area contributed by atoms with Crippen LogP contribution in [0.2, 0.25) is 0 Å². The molecule has 0 bridgehead atoms. The summed E-state index contributed by atoms with van der Waals surface area (Å²) < 4.78 is 1.72. The highest BCUT2D eigenvalue weighted by atomic mass is 16.0. The van der Waals surface area contributed by atoms with Crippen LogP contribution in [0.3, 0.4) is 0 Å². The van der Waals surface area contributed by atoms with Crippen LogP contribution in [0.1, 0.15) is 18.2 Å². The molecule has 4 nitrogen and oxygen atoms in total. The summed E-state index contributed by atoms with van der Waals surface area (Å²) in [6.45, 7) is 4.07. The van der Waals surface area contributed by atoms with Gasteiger partial charge in [0.1, 0.15) is 5.82 Å². The maximum absolute atomic E-state index is 5.71. The molecule has 0 aliphatic heterocycles. The van der Waals surface area contributed by atoms with Crippen LogP contribution < -0.4 is 5.73 Å². The Morgan fingerprint density at radius 2 is 2.09 bits per heavy atom. The molecule has 0 spiro atoms. The number of hydrogen-bond donors (Lipinski definition) is 1. The minimum atomic E-state index is 0. The van der Waals surface area contributed by atoms with Gasteiger partial charge >= 0.3 is 0 Å². The molecule has 1 heterocycles. The first-order valence-electron chi connectivity index (χ1n) is 3.44. The average Bonchev–Trinajstić information content (AvgIpc) is 2.09. The fourth-order valence-corrected chi connectivity index (χ4v) is 1.16. The van der Waals surface area contributed by atoms with Gasteiger partial charge in [-0.25, -0.2) is 0 Å². The third kappa shape index (κ3) is 1.51. The van der Waals surface area contributed by atoms with Gasteiger partial charge in [0.05, 0.1) is 5.69 Å². The molecule has 0 amide bonds. The van der Waals surface area contributed by atoms with E-state index in [1.807, 2.05) is 14.0 Å². The Labute approximate surface area is 66.3 Å². The molecule has 11 heavy (non-hydrogen) atoms. The van der Waals surface area contributed by atoms with Crippen LogP contribution in [0.4, 0.5) is 5.82 Å². The second-order valence-electron chi connectivity index (χ2n) is 2.43. The molecule has 0 unspecified atom stereocenters. The third-order valence-corrected chi connectivity index (χ3v) is 1.75. The number of aryl methyl sites for hydroxylation is 2. The smallest absolute Gasteiger partial charge is 0.124 e. The summed E-state index contributed by atoms with van der Waals surface area (Å²) in [6.07, 6.45) is 0.964. The molecule has 0 fully saturated rings. The summed E-state index contributed by atoms with van der Waals surface area (Å²) in [4.78, 5) is 0. The zero-order valence-electron chi connectivity index (χ0n) is 7.18. The Kier molecular flexibility index (Phi) is 3.07. The van der Waals surface area contributed by atoms with Crippen molar-refractivity contribution in [3.8, 4) is 0 Å². The van der Waals surface area contributed by atoms with Gasteiger partial charge < -0.3 is 11.2 Å². The Hall–Kier alpha value is -1.03. The third-order valence-electron chi connectivity index (χ3n) is 1.75. The Bertz CT molecular complexity index is 242. The lowest BCUT2D eigenvalue weighted by molar-refractivity contribution is 0.767. The molecule has 0 aliphatic carbocycles. The van der Waals surface area contributed by atoms with Crippen molar-refractivity contribution in [2.75, 3.05) is 5.73 Å². The monoisotopic (exact) mass is 157 g/mol. The number of nitrogens with zero attached hydrogens (tertiary/aromatic N) is 2. The van der Waals surface area contributed by atoms with E-state index in [2.05, 4.69) is 12.0 Å². The van der Waals surface area contributed by atoms with Crippen molar-refractivity contribution in [2.24, 2.45) is 7.05 Å². The zero-order chi connectivity index (χ0) is 7.72. The van der Waals surface area contributed by atoms with E-state index in [-0.39, 0.29) is 5.48 Å². The predicted octanol–water partition coefficient (Wildman–Crippen LogP) is 0.0484. The first-order valence-corrected chi connectivity index (χ1v) is 3.44. The molecule has 0 saturated heterocycles. The van der Waals surface area contributed by atoms with Crippen LogP contribution in [0.5, 0.6) is 0 Å². The molecule has 64 valence electrons. The van der Waals surface area contributed by atoms with Gasteiger partial charge in [-0.3, -0.25) is 4.68 Å². The fraction of sp³-hybridized carbons (Fsp3) is 0.571. The number of nitrogens with two attached hydrogens (primary N) is 1. The normalized spacial score (nSPS) is 9.36. The van der Waals surface area contributed by atoms with Crippen molar-refractivity contribution in [1.29, 1.82) is 0 Å². The number of hydrogen-bond acceptors (Lipinski definition) is 2. The van der Waals surface area contributed by atoms with Crippen molar-refractivity contribution in [3.63, 3.8) is 0 Å². The molecule has 1 aromatic rings. The topological polar surface area (TPSA) is 75.3 Å². The first kappa shape index (κ1) is 9.97. The van der Waals surface area contributed by atoms with Crippen molar-refractivity contribution >= 4 is 5.82 Å². The number of nitrogen functional groups attached to an aromatic ring is 1. The molecule has 1 rings (SSSR count). The summed E-state index contributed by atoms with van der Waals surface area (Å²) in [5, 5.41) is 4.17. The second-order valence-corrected chi connectivity index (χ2v) is 2.43. The Morgan fingerprint density at radius 1 is 1.55 bits per heavy atom. The van der Waals surface area contributed by atoms with Gasteiger partial charge in [-0.15, -0.1) is 0 Å². The highest BCUT2D eigenvalue weighted by Gasteiger charge is 2.06. The van der Waals surface area contributed by atoms with Crippen LogP contribution in [0, 0.1) is 6.92 Å². The summed E-state index contributed by atoms with van der Waals surface area (Å²) in [7, 11) is 1.86. The van der Waals surface area contributed by atoms with E-state index in [9.17, 15) is 0 Å². The second kappa shape index (κ2) is 3.39. The Morgan fingerprint density at radius 3 is 2.27 bits per heavy atom. The molecule has 0 saturated carbocycles. The quantitative estimate of drug-likeness (QED) is 0.625. The van der Waals surface area contributed by atoms with Gasteiger partial charge in [-0.05, 0) is 13.3 Å². The fourth-order valence-electron chi connectivity index (χ4n) is 1.16. The highest BCUT2D eigenvalue weighted by Crippen LogP contribution is 2.14. The van der Waals surface area contributed by atoms with Crippen LogP contribution in [0.15, 0.2) is 0 Å². The molecular formula is C7H15N3O. The van der Waals surface area contributed by atoms with Crippen LogP contribution >= 0.6 is 0 Å². The average molecular weight is 157 g/mol. The van der Waals surface area contributed by atoms with Crippen molar-refractivity contribution < 1.29 is 5.48 Å². The molecule has 0 radical (unpaired) electrons. The maximum Gasteiger partial charge on any atom is 0.124 e. The van der Waals surface area contributed by atoms with Crippen LogP contribution in [0.25, 0.3) is 0 Å². The lowest BCUT2D eigenvalue weighted by atomic mass is 10.2. The van der Waals surface area contributed by atoms with E-state index in [4.69, 9.17) is 5.73 Å². The summed E-state index contributed by atoms with van der Waals surface area (Å²) >= 11 is 0. The largest absolute Gasteiger partial charge is 0.412 e. The molecule has 0 aliphatic rings. The number of rotatable bonds is 1. The van der Waals surface area contributed by atoms with Crippen LogP contribution in [-0.4, -0.2) is 15.3 Å². The van der Waals surface area contributed by atoms with Crippen molar-refractivity contribution in [1.82, 2.24) is 9.78 Å². The van der Waals surface area contributed by atoms with Crippen molar-refractivity contribution in [2.45, 2.75) is 20.3 Å². The van der Waals surface area contributed by atoms with E-state index in [0.29, 0.717) is 0 Å². The maximum atomic E-state index is 5.71. The lowest BCUT2D eigenvalue weighted by Gasteiger charge is -1.94. The summed E-state index contributed by atoms with van der Waals surface area (Å²) in [6, 6.07) is 0. The predicted molar refractivity (Wildman–Crippen MR) is 45.3 cm³/mol. The number of aromatic nitrogens is 2. The van der Waals surface area contributed by atoms with Gasteiger partial charge in [0.2, 0.25) is 0 Å². The first-order chi connectivity index (χ1) is 4.66. The number of anilines is 1. The zero-order valence-corrected chi connectivity index (χ0v) is 7.18. The molecule has 4 N–H and O–H groups in total. The molecule has 4 heteroatoms. The van der Waals surface area contributed by atoms with Gasteiger partial charge in [-0.2, -0.15) is 5.10 Å². The van der Waals surface area contributed by atoms with E-state index in [0.717, 1.165) is 17.9 Å². The SMILES string of the molecule is CCc1c(C)nn(C)c1N.O. The van der Waals surface area contributed by atoms with Gasteiger partial charge in [0, 0.05) is 12.6 Å². The molecule has 0 aromatic carbocycles. The molecular weight excluding hydrogens is 142 g/mol. The summed E-state index contributed by atoms with van der Waals surface area (Å²) in [5.41, 5.74) is 7.93. The van der Waals surface area contributed by atoms with Gasteiger partial charge in [-0.1, -0.05) is 6.92 Å². The van der Waals surface area contributed by atoms with E-state index < -0.39 is 0 Å².